The maximum Gasteiger partial charge on any atom is 0.416 e. The number of nitrogens with one attached hydrogen (secondary N) is 1. The number of hydrogen-bond acceptors (Lipinski definition) is 2. The van der Waals surface area contributed by atoms with E-state index in [1.807, 2.05) is 24.3 Å². The predicted octanol–water partition coefficient (Wildman–Crippen LogP) is 4.28. The van der Waals surface area contributed by atoms with E-state index < -0.39 is 29.7 Å². The highest BCUT2D eigenvalue weighted by Crippen LogP contribution is 2.29. The first-order valence-corrected chi connectivity index (χ1v) is 8.42. The normalized spacial score (nSPS) is 12.5. The minimum absolute atomic E-state index is 0.168. The predicted molar refractivity (Wildman–Crippen MR) is 98.0 cm³/mol. The van der Waals surface area contributed by atoms with Gasteiger partial charge in [0, 0.05) is 12.0 Å². The molecular weight excluding hydrogens is 371 g/mol. The molecule has 0 bridgehead atoms. The summed E-state index contributed by atoms with van der Waals surface area (Å²) in [5.74, 6) is -1.93. The number of fused-ring (bicyclic) bond motifs is 1. The molecule has 0 saturated heterocycles. The van der Waals surface area contributed by atoms with Gasteiger partial charge in [0.1, 0.15) is 6.04 Å². The SMILES string of the molecule is O=C(N[C@@H](Cc1cccc(C(F)(F)F)c1)C(=O)O)c1ccc2ccccc2c1. The molecule has 3 aromatic rings. The van der Waals surface area contributed by atoms with Crippen molar-refractivity contribution in [2.45, 2.75) is 18.6 Å². The van der Waals surface area contributed by atoms with Gasteiger partial charge in [-0.3, -0.25) is 4.79 Å². The summed E-state index contributed by atoms with van der Waals surface area (Å²) in [4.78, 5) is 24.0. The summed E-state index contributed by atoms with van der Waals surface area (Å²) in [6.07, 6.45) is -4.79. The van der Waals surface area contributed by atoms with E-state index in [1.54, 1.807) is 18.2 Å². The summed E-state index contributed by atoms with van der Waals surface area (Å²) in [6, 6.07) is 15.4. The Bertz CT molecular complexity index is 1030. The fourth-order valence-electron chi connectivity index (χ4n) is 2.88. The molecule has 0 aliphatic carbocycles. The molecule has 4 nitrogen and oxygen atoms in total. The quantitative estimate of drug-likeness (QED) is 0.687. The van der Waals surface area contributed by atoms with Gasteiger partial charge >= 0.3 is 12.1 Å². The number of hydrogen-bond donors (Lipinski definition) is 2. The third-order valence-electron chi connectivity index (χ3n) is 4.31. The minimum Gasteiger partial charge on any atom is -0.480 e. The molecule has 0 radical (unpaired) electrons. The zero-order chi connectivity index (χ0) is 20.3. The highest BCUT2D eigenvalue weighted by Gasteiger charge is 2.31. The van der Waals surface area contributed by atoms with Crippen LogP contribution < -0.4 is 5.32 Å². The summed E-state index contributed by atoms with van der Waals surface area (Å²) < 4.78 is 38.5. The molecule has 7 heteroatoms. The number of benzene rings is 3. The Balaban J connectivity index is 1.79. The Morgan fingerprint density at radius 3 is 2.32 bits per heavy atom. The van der Waals surface area contributed by atoms with Crippen molar-refractivity contribution >= 4 is 22.6 Å². The van der Waals surface area contributed by atoms with Gasteiger partial charge in [-0.1, -0.05) is 48.5 Å². The standard InChI is InChI=1S/C21H16F3NO3/c22-21(23,24)17-7-3-4-13(10-17)11-18(20(27)28)25-19(26)16-9-8-14-5-1-2-6-15(14)12-16/h1-10,12,18H,11H2,(H,25,26)(H,27,28)/t18-/m0/s1. The molecule has 0 spiro atoms. The van der Waals surface area contributed by atoms with E-state index in [0.717, 1.165) is 22.9 Å². The molecule has 3 rings (SSSR count). The monoisotopic (exact) mass is 387 g/mol. The van der Waals surface area contributed by atoms with Crippen LogP contribution in [0.3, 0.4) is 0 Å². The fourth-order valence-corrected chi connectivity index (χ4v) is 2.88. The van der Waals surface area contributed by atoms with Crippen molar-refractivity contribution in [1.29, 1.82) is 0 Å². The Kier molecular flexibility index (Phi) is 5.35. The van der Waals surface area contributed by atoms with Crippen LogP contribution in [-0.4, -0.2) is 23.0 Å². The van der Waals surface area contributed by atoms with Crippen LogP contribution in [0, 0.1) is 0 Å². The van der Waals surface area contributed by atoms with E-state index in [2.05, 4.69) is 5.32 Å². The van der Waals surface area contributed by atoms with Crippen LogP contribution in [-0.2, 0) is 17.4 Å². The lowest BCUT2D eigenvalue weighted by atomic mass is 10.0. The number of carbonyl (C=O) groups is 2. The number of alkyl halides is 3. The number of halogens is 3. The Morgan fingerprint density at radius 2 is 1.64 bits per heavy atom. The Hall–Kier alpha value is -3.35. The smallest absolute Gasteiger partial charge is 0.416 e. The average molecular weight is 387 g/mol. The topological polar surface area (TPSA) is 66.4 Å². The third-order valence-corrected chi connectivity index (χ3v) is 4.31. The first kappa shape index (κ1) is 19.4. The zero-order valence-corrected chi connectivity index (χ0v) is 14.5. The van der Waals surface area contributed by atoms with Gasteiger partial charge in [-0.2, -0.15) is 13.2 Å². The van der Waals surface area contributed by atoms with Crippen LogP contribution in [0.4, 0.5) is 13.2 Å². The van der Waals surface area contributed by atoms with Crippen molar-refractivity contribution in [1.82, 2.24) is 5.32 Å². The van der Waals surface area contributed by atoms with Crippen LogP contribution in [0.5, 0.6) is 0 Å². The van der Waals surface area contributed by atoms with Gasteiger partial charge in [0.2, 0.25) is 0 Å². The number of carboxylic acids is 1. The van der Waals surface area contributed by atoms with Gasteiger partial charge in [0.15, 0.2) is 0 Å². The van der Waals surface area contributed by atoms with Gasteiger partial charge in [-0.05, 0) is 34.5 Å². The molecule has 144 valence electrons. The summed E-state index contributed by atoms with van der Waals surface area (Å²) in [6.45, 7) is 0. The summed E-state index contributed by atoms with van der Waals surface area (Å²) in [7, 11) is 0. The summed E-state index contributed by atoms with van der Waals surface area (Å²) in [5.41, 5.74) is -0.426. The number of carbonyl (C=O) groups excluding carboxylic acids is 1. The van der Waals surface area contributed by atoms with E-state index in [1.165, 1.54) is 12.1 Å². The maximum atomic E-state index is 12.8. The lowest BCUT2D eigenvalue weighted by Gasteiger charge is -2.16. The molecule has 0 aromatic heterocycles. The molecular formula is C21H16F3NO3. The van der Waals surface area contributed by atoms with Crippen LogP contribution in [0.2, 0.25) is 0 Å². The lowest BCUT2D eigenvalue weighted by Crippen LogP contribution is -2.42. The highest BCUT2D eigenvalue weighted by molar-refractivity contribution is 6.00. The lowest BCUT2D eigenvalue weighted by molar-refractivity contribution is -0.139. The van der Waals surface area contributed by atoms with Crippen molar-refractivity contribution in [2.24, 2.45) is 0 Å². The average Bonchev–Trinajstić information content (AvgIpc) is 2.66. The summed E-state index contributed by atoms with van der Waals surface area (Å²) in [5, 5.41) is 13.5. The van der Waals surface area contributed by atoms with Crippen molar-refractivity contribution in [3.8, 4) is 0 Å². The van der Waals surface area contributed by atoms with Gasteiger partial charge in [-0.15, -0.1) is 0 Å². The van der Waals surface area contributed by atoms with Gasteiger partial charge < -0.3 is 10.4 Å². The first-order valence-electron chi connectivity index (χ1n) is 8.42. The largest absolute Gasteiger partial charge is 0.480 e. The van der Waals surface area contributed by atoms with E-state index in [-0.39, 0.29) is 17.5 Å². The van der Waals surface area contributed by atoms with E-state index in [9.17, 15) is 27.9 Å². The second-order valence-electron chi connectivity index (χ2n) is 6.33. The van der Waals surface area contributed by atoms with Gasteiger partial charge in [0.05, 0.1) is 5.56 Å². The number of amides is 1. The van der Waals surface area contributed by atoms with Crippen LogP contribution in [0.15, 0.2) is 66.7 Å². The fraction of sp³-hybridized carbons (Fsp3) is 0.143. The maximum absolute atomic E-state index is 12.8. The van der Waals surface area contributed by atoms with Crippen LogP contribution in [0.25, 0.3) is 10.8 Å². The third kappa shape index (κ3) is 4.49. The minimum atomic E-state index is -4.52. The van der Waals surface area contributed by atoms with Gasteiger partial charge in [0.25, 0.3) is 5.91 Å². The van der Waals surface area contributed by atoms with E-state index in [4.69, 9.17) is 0 Å². The molecule has 0 fully saturated rings. The molecule has 0 saturated carbocycles. The molecule has 28 heavy (non-hydrogen) atoms. The molecule has 1 amide bonds. The molecule has 3 aromatic carbocycles. The van der Waals surface area contributed by atoms with E-state index in [0.29, 0.717) is 0 Å². The Labute approximate surface area is 158 Å². The molecule has 2 N–H and O–H groups in total. The second kappa shape index (κ2) is 7.72. The zero-order valence-electron chi connectivity index (χ0n) is 14.5. The second-order valence-corrected chi connectivity index (χ2v) is 6.33. The summed E-state index contributed by atoms with van der Waals surface area (Å²) >= 11 is 0. The van der Waals surface area contributed by atoms with Crippen molar-refractivity contribution in [3.05, 3.63) is 83.4 Å². The first-order chi connectivity index (χ1) is 13.2. The number of aliphatic carboxylic acids is 1. The number of carboxylic acid groups (broad SMARTS) is 1. The highest BCUT2D eigenvalue weighted by atomic mass is 19.4. The van der Waals surface area contributed by atoms with Crippen molar-refractivity contribution in [2.75, 3.05) is 0 Å². The van der Waals surface area contributed by atoms with Crippen molar-refractivity contribution < 1.29 is 27.9 Å². The van der Waals surface area contributed by atoms with Crippen LogP contribution >= 0.6 is 0 Å². The van der Waals surface area contributed by atoms with Crippen molar-refractivity contribution in [3.63, 3.8) is 0 Å². The number of rotatable bonds is 5. The molecule has 0 aliphatic rings. The van der Waals surface area contributed by atoms with E-state index >= 15 is 0 Å². The molecule has 0 heterocycles. The molecule has 0 aliphatic heterocycles. The molecule has 1 atom stereocenters. The van der Waals surface area contributed by atoms with Gasteiger partial charge in [-0.25, -0.2) is 4.79 Å². The Morgan fingerprint density at radius 1 is 0.929 bits per heavy atom. The molecule has 0 unspecified atom stereocenters. The van der Waals surface area contributed by atoms with Crippen LogP contribution in [0.1, 0.15) is 21.5 Å².